The van der Waals surface area contributed by atoms with Gasteiger partial charge < -0.3 is 9.47 Å². The molecule has 21 heavy (non-hydrogen) atoms. The maximum Gasteiger partial charge on any atom is 0.165 e. The van der Waals surface area contributed by atoms with E-state index >= 15 is 0 Å². The molecule has 3 aromatic heterocycles. The lowest BCUT2D eigenvalue weighted by Gasteiger charge is -2.17. The van der Waals surface area contributed by atoms with E-state index in [4.69, 9.17) is 0 Å². The maximum absolute atomic E-state index is 4.48. The van der Waals surface area contributed by atoms with Crippen molar-refractivity contribution in [1.29, 1.82) is 0 Å². The Balaban J connectivity index is 1.65. The molecule has 106 valence electrons. The van der Waals surface area contributed by atoms with E-state index in [0.29, 0.717) is 5.92 Å². The number of anilines is 1. The third-order valence-electron chi connectivity index (χ3n) is 4.07. The van der Waals surface area contributed by atoms with Crippen LogP contribution in [0.25, 0.3) is 11.2 Å². The van der Waals surface area contributed by atoms with Gasteiger partial charge in [-0.05, 0) is 18.6 Å². The van der Waals surface area contributed by atoms with Crippen molar-refractivity contribution in [3.8, 4) is 0 Å². The van der Waals surface area contributed by atoms with Crippen LogP contribution in [0.5, 0.6) is 0 Å². The first-order chi connectivity index (χ1) is 10.3. The molecule has 0 radical (unpaired) electrons. The molecule has 1 saturated heterocycles. The highest BCUT2D eigenvalue weighted by atomic mass is 15.2. The second-order valence-corrected chi connectivity index (χ2v) is 5.41. The van der Waals surface area contributed by atoms with Gasteiger partial charge in [0.05, 0.1) is 6.33 Å². The van der Waals surface area contributed by atoms with Crippen LogP contribution in [0.4, 0.5) is 5.82 Å². The summed E-state index contributed by atoms with van der Waals surface area (Å²) in [4.78, 5) is 20.0. The molecule has 0 aromatic carbocycles. The van der Waals surface area contributed by atoms with Crippen molar-refractivity contribution in [2.75, 3.05) is 18.0 Å². The van der Waals surface area contributed by atoms with Crippen LogP contribution >= 0.6 is 0 Å². The lowest BCUT2D eigenvalue weighted by molar-refractivity contribution is 0.744. The number of pyridine rings is 1. The van der Waals surface area contributed by atoms with Crippen molar-refractivity contribution in [2.45, 2.75) is 12.3 Å². The van der Waals surface area contributed by atoms with Gasteiger partial charge in [-0.3, -0.25) is 4.98 Å². The van der Waals surface area contributed by atoms with Gasteiger partial charge in [0, 0.05) is 37.9 Å². The third kappa shape index (κ3) is 2.03. The quantitative estimate of drug-likeness (QED) is 0.715. The fourth-order valence-electron chi connectivity index (χ4n) is 2.98. The van der Waals surface area contributed by atoms with Gasteiger partial charge in [-0.25, -0.2) is 15.0 Å². The van der Waals surface area contributed by atoms with Crippen LogP contribution in [0.3, 0.4) is 0 Å². The first-order valence-electron chi connectivity index (χ1n) is 7.11. The van der Waals surface area contributed by atoms with Crippen molar-refractivity contribution < 1.29 is 0 Å². The molecule has 1 aliphatic rings. The molecule has 1 fully saturated rings. The molecule has 1 aliphatic heterocycles. The number of hydrogen-bond donors (Lipinski definition) is 0. The van der Waals surface area contributed by atoms with Crippen LogP contribution in [0.2, 0.25) is 0 Å². The topological polar surface area (TPSA) is 59.7 Å². The highest BCUT2D eigenvalue weighted by Crippen LogP contribution is 2.31. The molecule has 0 N–H and O–H groups in total. The summed E-state index contributed by atoms with van der Waals surface area (Å²) >= 11 is 0. The zero-order valence-corrected chi connectivity index (χ0v) is 11.8. The van der Waals surface area contributed by atoms with E-state index in [1.54, 1.807) is 12.7 Å². The Labute approximate surface area is 122 Å². The molecule has 0 amide bonds. The molecule has 1 atom stereocenters. The van der Waals surface area contributed by atoms with E-state index in [1.165, 1.54) is 0 Å². The van der Waals surface area contributed by atoms with E-state index in [0.717, 1.165) is 42.2 Å². The minimum atomic E-state index is 0.458. The number of aromatic nitrogens is 5. The van der Waals surface area contributed by atoms with Gasteiger partial charge in [-0.2, -0.15) is 0 Å². The van der Waals surface area contributed by atoms with Gasteiger partial charge >= 0.3 is 0 Å². The molecule has 3 aromatic rings. The summed E-state index contributed by atoms with van der Waals surface area (Å²) in [5.74, 6) is 1.39. The molecule has 6 heteroatoms. The molecule has 1 unspecified atom stereocenters. The molecule has 0 aliphatic carbocycles. The monoisotopic (exact) mass is 280 g/mol. The molecule has 4 heterocycles. The van der Waals surface area contributed by atoms with Crippen LogP contribution in [-0.4, -0.2) is 37.6 Å². The van der Waals surface area contributed by atoms with Crippen molar-refractivity contribution >= 4 is 17.0 Å². The minimum Gasteiger partial charge on any atom is -0.354 e. The smallest absolute Gasteiger partial charge is 0.165 e. The number of aryl methyl sites for hydroxylation is 1. The van der Waals surface area contributed by atoms with Crippen LogP contribution < -0.4 is 4.90 Å². The second-order valence-electron chi connectivity index (χ2n) is 5.41. The minimum absolute atomic E-state index is 0.458. The van der Waals surface area contributed by atoms with Crippen molar-refractivity contribution in [1.82, 2.24) is 24.5 Å². The normalized spacial score (nSPS) is 18.5. The summed E-state index contributed by atoms with van der Waals surface area (Å²) in [5, 5.41) is 0. The number of rotatable bonds is 2. The van der Waals surface area contributed by atoms with E-state index in [9.17, 15) is 0 Å². The Bertz CT molecular complexity index is 766. The van der Waals surface area contributed by atoms with E-state index in [1.807, 2.05) is 29.9 Å². The summed E-state index contributed by atoms with van der Waals surface area (Å²) in [6.07, 6.45) is 6.36. The molecular formula is C15H16N6. The van der Waals surface area contributed by atoms with E-state index in [2.05, 4.69) is 30.9 Å². The first-order valence-corrected chi connectivity index (χ1v) is 7.11. The molecule has 4 rings (SSSR count). The average Bonchev–Trinajstić information content (AvgIpc) is 3.16. The number of hydrogen-bond acceptors (Lipinski definition) is 5. The summed E-state index contributed by atoms with van der Waals surface area (Å²) in [7, 11) is 1.95. The van der Waals surface area contributed by atoms with Crippen molar-refractivity contribution in [3.63, 3.8) is 0 Å². The van der Waals surface area contributed by atoms with Crippen LogP contribution in [-0.2, 0) is 7.05 Å². The van der Waals surface area contributed by atoms with Gasteiger partial charge in [0.25, 0.3) is 0 Å². The molecule has 6 nitrogen and oxygen atoms in total. The Morgan fingerprint density at radius 1 is 1.14 bits per heavy atom. The highest BCUT2D eigenvalue weighted by molar-refractivity contribution is 5.83. The largest absolute Gasteiger partial charge is 0.354 e. The maximum atomic E-state index is 4.48. The zero-order valence-electron chi connectivity index (χ0n) is 11.8. The summed E-state index contributed by atoms with van der Waals surface area (Å²) in [6, 6.07) is 6.11. The lowest BCUT2D eigenvalue weighted by atomic mass is 10.0. The SMILES string of the molecule is Cn1cnc2c(N3CCC(c4ccccn4)C3)ncnc21. The van der Waals surface area contributed by atoms with E-state index in [-0.39, 0.29) is 0 Å². The number of fused-ring (bicyclic) bond motifs is 1. The zero-order chi connectivity index (χ0) is 14.2. The average molecular weight is 280 g/mol. The Morgan fingerprint density at radius 3 is 2.95 bits per heavy atom. The number of imidazole rings is 1. The first kappa shape index (κ1) is 12.3. The summed E-state index contributed by atoms with van der Waals surface area (Å²) < 4.78 is 1.92. The molecule has 0 bridgehead atoms. The molecular weight excluding hydrogens is 264 g/mol. The molecule has 0 saturated carbocycles. The standard InChI is InChI=1S/C15H16N6/c1-20-10-19-13-14(20)17-9-18-15(13)21-7-5-11(8-21)12-4-2-3-6-16-12/h2-4,6,9-11H,5,7-8H2,1H3. The predicted molar refractivity (Wildman–Crippen MR) is 80.1 cm³/mol. The van der Waals surface area contributed by atoms with Gasteiger partial charge in [-0.15, -0.1) is 0 Å². The van der Waals surface area contributed by atoms with Gasteiger partial charge in [0.1, 0.15) is 6.33 Å². The Kier molecular flexibility index (Phi) is 2.80. The summed E-state index contributed by atoms with van der Waals surface area (Å²) in [6.45, 7) is 1.91. The Hall–Kier alpha value is -2.50. The van der Waals surface area contributed by atoms with Crippen LogP contribution in [0, 0.1) is 0 Å². The predicted octanol–water partition coefficient (Wildman–Crippen LogP) is 1.75. The number of nitrogens with zero attached hydrogens (tertiary/aromatic N) is 6. The van der Waals surface area contributed by atoms with Gasteiger partial charge in [0.15, 0.2) is 17.0 Å². The van der Waals surface area contributed by atoms with Crippen LogP contribution in [0.15, 0.2) is 37.1 Å². The van der Waals surface area contributed by atoms with Crippen molar-refractivity contribution in [3.05, 3.63) is 42.7 Å². The summed E-state index contributed by atoms with van der Waals surface area (Å²) in [5.41, 5.74) is 2.91. The highest BCUT2D eigenvalue weighted by Gasteiger charge is 2.27. The van der Waals surface area contributed by atoms with E-state index < -0.39 is 0 Å². The van der Waals surface area contributed by atoms with Crippen molar-refractivity contribution in [2.24, 2.45) is 7.05 Å². The van der Waals surface area contributed by atoms with Gasteiger partial charge in [-0.1, -0.05) is 6.07 Å². The second kappa shape index (κ2) is 4.80. The lowest BCUT2D eigenvalue weighted by Crippen LogP contribution is -2.21. The van der Waals surface area contributed by atoms with Gasteiger partial charge in [0.2, 0.25) is 0 Å². The molecule has 0 spiro atoms. The third-order valence-corrected chi connectivity index (χ3v) is 4.07. The fraction of sp³-hybridized carbons (Fsp3) is 0.333. The van der Waals surface area contributed by atoms with Crippen LogP contribution in [0.1, 0.15) is 18.0 Å². The fourth-order valence-corrected chi connectivity index (χ4v) is 2.98. The Morgan fingerprint density at radius 2 is 2.10 bits per heavy atom.